The second-order valence-corrected chi connectivity index (χ2v) is 9.46. The smallest absolute Gasteiger partial charge is 0.261 e. The van der Waals surface area contributed by atoms with Crippen LogP contribution in [0.3, 0.4) is 0 Å². The number of hydrogen-bond acceptors (Lipinski definition) is 4. The molecule has 0 saturated carbocycles. The number of rotatable bonds is 8. The summed E-state index contributed by atoms with van der Waals surface area (Å²) in [5.41, 5.74) is 3.31. The van der Waals surface area contributed by atoms with E-state index in [-0.39, 0.29) is 4.90 Å². The van der Waals surface area contributed by atoms with Crippen molar-refractivity contribution in [2.24, 2.45) is 0 Å². The molecule has 0 aromatic heterocycles. The number of sulfonamides is 1. The Morgan fingerprint density at radius 3 is 1.88 bits per heavy atom. The van der Waals surface area contributed by atoms with E-state index in [1.807, 2.05) is 12.1 Å². The molecular weight excluding hydrogens is 442 g/mol. The molecule has 3 N–H and O–H groups in total. The third-order valence-corrected chi connectivity index (χ3v) is 6.72. The van der Waals surface area contributed by atoms with Gasteiger partial charge in [0.05, 0.1) is 12.0 Å². The molecule has 0 bridgehead atoms. The van der Waals surface area contributed by atoms with Crippen molar-refractivity contribution in [1.82, 2.24) is 0 Å². The van der Waals surface area contributed by atoms with Gasteiger partial charge in [-0.3, -0.25) is 4.72 Å². The van der Waals surface area contributed by atoms with Gasteiger partial charge in [-0.1, -0.05) is 26.0 Å². The van der Waals surface area contributed by atoms with Crippen molar-refractivity contribution in [2.45, 2.75) is 31.1 Å². The van der Waals surface area contributed by atoms with Crippen molar-refractivity contribution in [1.29, 1.82) is 0 Å². The Bertz CT molecular complexity index is 1140. The highest BCUT2D eigenvalue weighted by Crippen LogP contribution is 2.22. The summed E-state index contributed by atoms with van der Waals surface area (Å²) in [6.45, 7) is 4.37. The summed E-state index contributed by atoms with van der Waals surface area (Å²) >= 11 is 5.38. The number of ether oxygens (including phenoxy) is 1. The molecule has 0 spiro atoms. The van der Waals surface area contributed by atoms with Crippen LogP contribution < -0.4 is 20.1 Å². The van der Waals surface area contributed by atoms with Crippen molar-refractivity contribution in [3.05, 3.63) is 78.4 Å². The molecule has 0 radical (unpaired) electrons. The topological polar surface area (TPSA) is 79.5 Å². The maximum absolute atomic E-state index is 12.6. The van der Waals surface area contributed by atoms with Gasteiger partial charge < -0.3 is 15.4 Å². The zero-order chi connectivity index (χ0) is 23.1. The predicted octanol–water partition coefficient (Wildman–Crippen LogP) is 5.82. The van der Waals surface area contributed by atoms with Crippen LogP contribution in [0.5, 0.6) is 5.75 Å². The number of anilines is 3. The molecule has 6 nitrogen and oxygen atoms in total. The third kappa shape index (κ3) is 6.21. The summed E-state index contributed by atoms with van der Waals surface area (Å²) in [7, 11) is -2.15. The number of nitrogens with one attached hydrogen (secondary N) is 3. The van der Waals surface area contributed by atoms with Gasteiger partial charge in [0.2, 0.25) is 0 Å². The maximum Gasteiger partial charge on any atom is 0.261 e. The fourth-order valence-corrected chi connectivity index (χ4v) is 4.31. The summed E-state index contributed by atoms with van der Waals surface area (Å²) in [6.07, 6.45) is 1.09. The molecule has 0 fully saturated rings. The van der Waals surface area contributed by atoms with Crippen LogP contribution in [0.2, 0.25) is 0 Å². The van der Waals surface area contributed by atoms with Gasteiger partial charge >= 0.3 is 0 Å². The fourth-order valence-electron chi connectivity index (χ4n) is 3.01. The highest BCUT2D eigenvalue weighted by molar-refractivity contribution is 7.92. The average Bonchev–Trinajstić information content (AvgIpc) is 2.79. The van der Waals surface area contributed by atoms with Gasteiger partial charge in [0.1, 0.15) is 5.75 Å². The minimum absolute atomic E-state index is 0.151. The van der Waals surface area contributed by atoms with E-state index in [0.29, 0.717) is 28.2 Å². The summed E-state index contributed by atoms with van der Waals surface area (Å²) in [4.78, 5) is 0.151. The largest absolute Gasteiger partial charge is 0.497 e. The molecule has 0 aliphatic heterocycles. The standard InChI is InChI=1S/C24H27N3O3S2/c1-4-17(2)18-5-7-19(8-6-18)25-24(31)26-20-11-15-23(16-12-20)32(28,29)27-21-9-13-22(30-3)14-10-21/h5-17,27H,4H2,1-3H3,(H2,25,26,31)/t17-/m0/s1. The molecular formula is C24H27N3O3S2. The quantitative estimate of drug-likeness (QED) is 0.361. The Morgan fingerprint density at radius 2 is 1.38 bits per heavy atom. The normalized spacial score (nSPS) is 12.0. The van der Waals surface area contributed by atoms with Crippen molar-refractivity contribution in [2.75, 3.05) is 22.5 Å². The van der Waals surface area contributed by atoms with Gasteiger partial charge in [0.15, 0.2) is 5.11 Å². The van der Waals surface area contributed by atoms with Crippen LogP contribution in [0, 0.1) is 0 Å². The first-order valence-corrected chi connectivity index (χ1v) is 12.1. The van der Waals surface area contributed by atoms with Crippen LogP contribution in [0.1, 0.15) is 31.7 Å². The summed E-state index contributed by atoms with van der Waals surface area (Å²) < 4.78 is 32.9. The van der Waals surface area contributed by atoms with E-state index >= 15 is 0 Å². The van der Waals surface area contributed by atoms with Gasteiger partial charge in [0, 0.05) is 17.1 Å². The van der Waals surface area contributed by atoms with Gasteiger partial charge in [-0.25, -0.2) is 8.42 Å². The first kappa shape index (κ1) is 23.6. The molecule has 3 aromatic rings. The summed E-state index contributed by atoms with van der Waals surface area (Å²) in [6, 6.07) is 21.2. The average molecular weight is 470 g/mol. The molecule has 0 aliphatic rings. The van der Waals surface area contributed by atoms with E-state index in [0.717, 1.165) is 12.1 Å². The number of benzene rings is 3. The first-order valence-electron chi connectivity index (χ1n) is 10.3. The maximum atomic E-state index is 12.6. The van der Waals surface area contributed by atoms with E-state index in [9.17, 15) is 8.42 Å². The summed E-state index contributed by atoms with van der Waals surface area (Å²) in [5, 5.41) is 6.64. The number of methoxy groups -OCH3 is 1. The molecule has 8 heteroatoms. The molecule has 32 heavy (non-hydrogen) atoms. The van der Waals surface area contributed by atoms with Crippen LogP contribution in [-0.2, 0) is 10.0 Å². The molecule has 0 aliphatic carbocycles. The highest BCUT2D eigenvalue weighted by Gasteiger charge is 2.14. The fraction of sp³-hybridized carbons (Fsp3) is 0.208. The van der Waals surface area contributed by atoms with E-state index < -0.39 is 10.0 Å². The van der Waals surface area contributed by atoms with Crippen LogP contribution in [0.15, 0.2) is 77.7 Å². The second kappa shape index (κ2) is 10.5. The molecule has 3 aromatic carbocycles. The Kier molecular flexibility index (Phi) is 7.71. The Hall–Kier alpha value is -3.10. The molecule has 3 rings (SSSR count). The molecule has 1 atom stereocenters. The molecule has 0 unspecified atom stereocenters. The van der Waals surface area contributed by atoms with Crippen LogP contribution in [-0.4, -0.2) is 20.6 Å². The highest BCUT2D eigenvalue weighted by atomic mass is 32.2. The Morgan fingerprint density at radius 1 is 0.875 bits per heavy atom. The number of thiocarbonyl (C=S) groups is 1. The number of hydrogen-bond donors (Lipinski definition) is 3. The lowest BCUT2D eigenvalue weighted by atomic mass is 9.99. The zero-order valence-corrected chi connectivity index (χ0v) is 19.9. The van der Waals surface area contributed by atoms with Crippen LogP contribution in [0.4, 0.5) is 17.1 Å². The predicted molar refractivity (Wildman–Crippen MR) is 135 cm³/mol. The Labute approximate surface area is 195 Å². The molecule has 0 saturated heterocycles. The summed E-state index contributed by atoms with van der Waals surface area (Å²) in [5.74, 6) is 1.17. The van der Waals surface area contributed by atoms with E-state index in [4.69, 9.17) is 17.0 Å². The van der Waals surface area contributed by atoms with Crippen molar-refractivity contribution >= 4 is 44.4 Å². The zero-order valence-electron chi connectivity index (χ0n) is 18.3. The lowest BCUT2D eigenvalue weighted by Gasteiger charge is -2.13. The van der Waals surface area contributed by atoms with Crippen molar-refractivity contribution in [3.8, 4) is 5.75 Å². The van der Waals surface area contributed by atoms with Gasteiger partial charge in [-0.15, -0.1) is 0 Å². The van der Waals surface area contributed by atoms with E-state index in [1.165, 1.54) is 17.7 Å². The second-order valence-electron chi connectivity index (χ2n) is 7.37. The first-order chi connectivity index (χ1) is 15.3. The SMILES string of the molecule is CC[C@H](C)c1ccc(NC(=S)Nc2ccc(S(=O)(=O)Nc3ccc(OC)cc3)cc2)cc1. The van der Waals surface area contributed by atoms with Gasteiger partial charge in [-0.2, -0.15) is 0 Å². The Balaban J connectivity index is 1.60. The molecule has 168 valence electrons. The lowest BCUT2D eigenvalue weighted by molar-refractivity contribution is 0.415. The van der Waals surface area contributed by atoms with E-state index in [1.54, 1.807) is 43.5 Å². The van der Waals surface area contributed by atoms with Gasteiger partial charge in [0.25, 0.3) is 10.0 Å². The minimum atomic E-state index is -3.71. The van der Waals surface area contributed by atoms with E-state index in [2.05, 4.69) is 41.3 Å². The molecule has 0 amide bonds. The molecule has 0 heterocycles. The third-order valence-electron chi connectivity index (χ3n) is 5.11. The van der Waals surface area contributed by atoms with Gasteiger partial charge in [-0.05, 0) is 90.8 Å². The van der Waals surface area contributed by atoms with Crippen molar-refractivity contribution in [3.63, 3.8) is 0 Å². The minimum Gasteiger partial charge on any atom is -0.497 e. The van der Waals surface area contributed by atoms with Crippen LogP contribution in [0.25, 0.3) is 0 Å². The van der Waals surface area contributed by atoms with Crippen LogP contribution >= 0.6 is 12.2 Å². The van der Waals surface area contributed by atoms with Crippen molar-refractivity contribution < 1.29 is 13.2 Å². The monoisotopic (exact) mass is 469 g/mol. The lowest BCUT2D eigenvalue weighted by Crippen LogP contribution is -2.19.